The summed E-state index contributed by atoms with van der Waals surface area (Å²) in [5, 5.41) is 10.7. The van der Waals surface area contributed by atoms with E-state index in [1.807, 2.05) is 12.1 Å². The summed E-state index contributed by atoms with van der Waals surface area (Å²) in [5.41, 5.74) is 0.394. The quantitative estimate of drug-likeness (QED) is 0.453. The summed E-state index contributed by atoms with van der Waals surface area (Å²) >= 11 is 12.0. The Morgan fingerprint density at radius 1 is 1.32 bits per heavy atom. The lowest BCUT2D eigenvalue weighted by Crippen LogP contribution is -2.23. The average Bonchev–Trinajstić information content (AvgIpc) is 2.41. The monoisotopic (exact) mass is 295 g/mol. The number of nitrogens with zero attached hydrogens (tertiary/aromatic N) is 1. The number of hydrogen-bond donors (Lipinski definition) is 0. The van der Waals surface area contributed by atoms with Gasteiger partial charge in [0.15, 0.2) is 0 Å². The van der Waals surface area contributed by atoms with Crippen molar-refractivity contribution in [1.82, 2.24) is 0 Å². The van der Waals surface area contributed by atoms with Crippen LogP contribution in [0.3, 0.4) is 0 Å². The van der Waals surface area contributed by atoms with Gasteiger partial charge in [-0.25, -0.2) is 0 Å². The van der Waals surface area contributed by atoms with Crippen LogP contribution >= 0.6 is 23.2 Å². The van der Waals surface area contributed by atoms with Gasteiger partial charge in [0.1, 0.15) is 0 Å². The van der Waals surface area contributed by atoms with Crippen LogP contribution in [-0.2, 0) is 5.41 Å². The van der Waals surface area contributed by atoms with Gasteiger partial charge in [-0.05, 0) is 30.5 Å². The fourth-order valence-corrected chi connectivity index (χ4v) is 2.55. The summed E-state index contributed by atoms with van der Waals surface area (Å²) < 4.78 is 0. The molecule has 0 N–H and O–H groups in total. The summed E-state index contributed by atoms with van der Waals surface area (Å²) in [6.07, 6.45) is 6.54. The van der Waals surface area contributed by atoms with Gasteiger partial charge in [-0.1, -0.05) is 61.5 Å². The highest BCUT2D eigenvalue weighted by atomic mass is 35.5. The Morgan fingerprint density at radius 3 is 2.58 bits per heavy atom. The van der Waals surface area contributed by atoms with Crippen LogP contribution in [0.5, 0.6) is 0 Å². The first-order valence-corrected chi connectivity index (χ1v) is 7.33. The van der Waals surface area contributed by atoms with Crippen molar-refractivity contribution >= 4 is 23.2 Å². The van der Waals surface area contributed by atoms with Crippen molar-refractivity contribution in [2.45, 2.75) is 44.4 Å². The molecule has 0 heterocycles. The highest BCUT2D eigenvalue weighted by molar-refractivity contribution is 6.42. The minimum atomic E-state index is -0.537. The average molecular weight is 296 g/mol. The Bertz CT molecular complexity index is 476. The molecule has 1 atom stereocenters. The van der Waals surface area contributed by atoms with Crippen LogP contribution < -0.4 is 0 Å². The van der Waals surface area contributed by atoms with Crippen molar-refractivity contribution in [3.05, 3.63) is 46.5 Å². The van der Waals surface area contributed by atoms with Crippen molar-refractivity contribution in [3.63, 3.8) is 0 Å². The van der Waals surface area contributed by atoms with Gasteiger partial charge in [0.25, 0.3) is 0 Å². The fraction of sp³-hybridized carbons (Fsp3) is 0.438. The normalized spacial score (nSPS) is 13.6. The van der Waals surface area contributed by atoms with E-state index < -0.39 is 5.41 Å². The standard InChI is InChI=1S/C16H19Cl2N/c1-3-5-6-10-16(12-19,9-4-2)13-7-8-14(17)15(18)11-13/h4,7-8,11H,2-3,5-6,9-10H2,1H3. The molecular weight excluding hydrogens is 277 g/mol. The molecule has 0 aliphatic carbocycles. The molecule has 0 bridgehead atoms. The SMILES string of the molecule is C=CCC(C#N)(CCCCC)c1ccc(Cl)c(Cl)c1. The molecule has 3 heteroatoms. The first kappa shape index (κ1) is 16.1. The minimum Gasteiger partial charge on any atom is -0.197 e. The Hall–Kier alpha value is -0.970. The largest absolute Gasteiger partial charge is 0.197 e. The maximum absolute atomic E-state index is 9.65. The molecule has 1 nitrogen and oxygen atoms in total. The van der Waals surface area contributed by atoms with Gasteiger partial charge in [-0.3, -0.25) is 0 Å². The van der Waals surface area contributed by atoms with Crippen molar-refractivity contribution in [2.24, 2.45) is 0 Å². The molecule has 1 rings (SSSR count). The predicted molar refractivity (Wildman–Crippen MR) is 82.7 cm³/mol. The van der Waals surface area contributed by atoms with Gasteiger partial charge in [-0.15, -0.1) is 6.58 Å². The zero-order chi connectivity index (χ0) is 14.3. The van der Waals surface area contributed by atoms with Crippen molar-refractivity contribution in [2.75, 3.05) is 0 Å². The lowest BCUT2D eigenvalue weighted by molar-refractivity contribution is 0.475. The lowest BCUT2D eigenvalue weighted by atomic mass is 9.75. The Balaban J connectivity index is 3.10. The zero-order valence-corrected chi connectivity index (χ0v) is 12.8. The number of halogens is 2. The highest BCUT2D eigenvalue weighted by Crippen LogP contribution is 2.36. The third kappa shape index (κ3) is 4.00. The number of nitriles is 1. The number of benzene rings is 1. The van der Waals surface area contributed by atoms with E-state index in [-0.39, 0.29) is 0 Å². The fourth-order valence-electron chi connectivity index (χ4n) is 2.25. The third-order valence-electron chi connectivity index (χ3n) is 3.39. The van der Waals surface area contributed by atoms with E-state index >= 15 is 0 Å². The Labute approximate surface area is 125 Å². The molecular formula is C16H19Cl2N. The maximum Gasteiger partial charge on any atom is 0.0857 e. The molecule has 19 heavy (non-hydrogen) atoms. The van der Waals surface area contributed by atoms with Gasteiger partial charge in [-0.2, -0.15) is 5.26 Å². The van der Waals surface area contributed by atoms with Crippen LogP contribution in [0.2, 0.25) is 10.0 Å². The predicted octanol–water partition coefficient (Wildman–Crippen LogP) is 5.91. The molecule has 1 aromatic carbocycles. The lowest BCUT2D eigenvalue weighted by Gasteiger charge is -2.26. The number of hydrogen-bond acceptors (Lipinski definition) is 1. The first-order chi connectivity index (χ1) is 9.09. The van der Waals surface area contributed by atoms with Crippen LogP contribution in [0.25, 0.3) is 0 Å². The van der Waals surface area contributed by atoms with E-state index in [9.17, 15) is 5.26 Å². The summed E-state index contributed by atoms with van der Waals surface area (Å²) in [5.74, 6) is 0. The summed E-state index contributed by atoms with van der Waals surface area (Å²) in [6, 6.07) is 7.93. The highest BCUT2D eigenvalue weighted by Gasteiger charge is 2.30. The van der Waals surface area contributed by atoms with Crippen LogP contribution in [0.4, 0.5) is 0 Å². The van der Waals surface area contributed by atoms with Gasteiger partial charge in [0, 0.05) is 0 Å². The molecule has 102 valence electrons. The van der Waals surface area contributed by atoms with Crippen molar-refractivity contribution in [1.29, 1.82) is 5.26 Å². The van der Waals surface area contributed by atoms with Crippen LogP contribution in [-0.4, -0.2) is 0 Å². The summed E-state index contributed by atoms with van der Waals surface area (Å²) in [6.45, 7) is 5.93. The van der Waals surface area contributed by atoms with Gasteiger partial charge >= 0.3 is 0 Å². The Kier molecular flexibility index (Phi) is 6.42. The molecule has 0 radical (unpaired) electrons. The van der Waals surface area contributed by atoms with E-state index in [4.69, 9.17) is 23.2 Å². The maximum atomic E-state index is 9.65. The third-order valence-corrected chi connectivity index (χ3v) is 4.13. The van der Waals surface area contributed by atoms with E-state index in [1.54, 1.807) is 12.1 Å². The zero-order valence-electron chi connectivity index (χ0n) is 11.3. The van der Waals surface area contributed by atoms with Crippen molar-refractivity contribution in [3.8, 4) is 6.07 Å². The number of unbranched alkanes of at least 4 members (excludes halogenated alkanes) is 2. The first-order valence-electron chi connectivity index (χ1n) is 6.57. The van der Waals surface area contributed by atoms with E-state index in [0.29, 0.717) is 16.5 Å². The molecule has 0 aromatic heterocycles. The summed E-state index contributed by atoms with van der Waals surface area (Å²) in [4.78, 5) is 0. The van der Waals surface area contributed by atoms with Gasteiger partial charge in [0.2, 0.25) is 0 Å². The second kappa shape index (κ2) is 7.58. The molecule has 0 saturated carbocycles. The molecule has 0 spiro atoms. The van der Waals surface area contributed by atoms with E-state index in [1.165, 1.54) is 0 Å². The number of rotatable bonds is 7. The molecule has 0 fully saturated rings. The van der Waals surface area contributed by atoms with Crippen LogP contribution in [0, 0.1) is 11.3 Å². The molecule has 1 unspecified atom stereocenters. The molecule has 1 aromatic rings. The van der Waals surface area contributed by atoms with Crippen LogP contribution in [0.1, 0.15) is 44.6 Å². The topological polar surface area (TPSA) is 23.8 Å². The molecule has 0 aliphatic rings. The number of allylic oxidation sites excluding steroid dienone is 1. The Morgan fingerprint density at radius 2 is 2.05 bits per heavy atom. The van der Waals surface area contributed by atoms with E-state index in [0.717, 1.165) is 31.2 Å². The van der Waals surface area contributed by atoms with E-state index in [2.05, 4.69) is 19.6 Å². The smallest absolute Gasteiger partial charge is 0.0857 e. The minimum absolute atomic E-state index is 0.498. The summed E-state index contributed by atoms with van der Waals surface area (Å²) in [7, 11) is 0. The molecule has 0 amide bonds. The van der Waals surface area contributed by atoms with Gasteiger partial charge in [0.05, 0.1) is 21.5 Å². The molecule has 0 aliphatic heterocycles. The second-order valence-electron chi connectivity index (χ2n) is 4.77. The second-order valence-corrected chi connectivity index (χ2v) is 5.59. The van der Waals surface area contributed by atoms with Crippen molar-refractivity contribution < 1.29 is 0 Å². The van der Waals surface area contributed by atoms with Gasteiger partial charge < -0.3 is 0 Å². The molecule has 0 saturated heterocycles. The van der Waals surface area contributed by atoms with Crippen LogP contribution in [0.15, 0.2) is 30.9 Å².